The maximum absolute atomic E-state index is 13.4. The summed E-state index contributed by atoms with van der Waals surface area (Å²) in [7, 11) is 0. The number of amides is 3. The number of esters is 1. The van der Waals surface area contributed by atoms with Gasteiger partial charge in [-0.25, -0.2) is 14.0 Å². The number of carbonyl (C=O) groups excluding carboxylic acids is 3. The van der Waals surface area contributed by atoms with E-state index in [-0.39, 0.29) is 43.9 Å². The molecule has 0 aliphatic rings. The summed E-state index contributed by atoms with van der Waals surface area (Å²) < 4.78 is 23.8. The summed E-state index contributed by atoms with van der Waals surface area (Å²) >= 11 is 0. The largest absolute Gasteiger partial charge is 0.467 e. The minimum atomic E-state index is -0.440. The van der Waals surface area contributed by atoms with Gasteiger partial charge in [-0.2, -0.15) is 0 Å². The predicted octanol–water partition coefficient (Wildman–Crippen LogP) is 5.31. The van der Waals surface area contributed by atoms with Crippen LogP contribution in [-0.2, 0) is 22.6 Å². The van der Waals surface area contributed by atoms with Crippen LogP contribution in [0.1, 0.15) is 42.5 Å². The molecule has 3 aromatic rings. The monoisotopic (exact) mass is 509 g/mol. The summed E-state index contributed by atoms with van der Waals surface area (Å²) in [4.78, 5) is 41.4. The number of halogens is 1. The van der Waals surface area contributed by atoms with Gasteiger partial charge >= 0.3 is 12.0 Å². The van der Waals surface area contributed by atoms with Gasteiger partial charge in [-0.15, -0.1) is 0 Å². The molecular weight excluding hydrogens is 477 g/mol. The molecule has 0 aliphatic carbocycles. The number of rotatable bonds is 11. The van der Waals surface area contributed by atoms with Crippen LogP contribution in [0, 0.1) is 11.7 Å². The minimum Gasteiger partial charge on any atom is -0.467 e. The van der Waals surface area contributed by atoms with Crippen molar-refractivity contribution in [1.82, 2.24) is 9.80 Å². The molecule has 0 fully saturated rings. The van der Waals surface area contributed by atoms with E-state index in [0.717, 1.165) is 5.56 Å². The third kappa shape index (κ3) is 8.49. The fourth-order valence-corrected chi connectivity index (χ4v) is 3.66. The zero-order valence-electron chi connectivity index (χ0n) is 21.3. The highest BCUT2D eigenvalue weighted by Gasteiger charge is 2.23. The van der Waals surface area contributed by atoms with Crippen LogP contribution in [0.3, 0.4) is 0 Å². The summed E-state index contributed by atoms with van der Waals surface area (Å²) in [6.45, 7) is 6.54. The van der Waals surface area contributed by atoms with Gasteiger partial charge in [-0.3, -0.25) is 4.79 Å². The summed E-state index contributed by atoms with van der Waals surface area (Å²) in [5.74, 6) is -0.375. The zero-order chi connectivity index (χ0) is 26.8. The Kier molecular flexibility index (Phi) is 9.83. The highest BCUT2D eigenvalue weighted by atomic mass is 19.1. The molecule has 9 heteroatoms. The molecule has 3 amide bonds. The van der Waals surface area contributed by atoms with Crippen LogP contribution in [0.25, 0.3) is 0 Å². The number of hydrogen-bond acceptors (Lipinski definition) is 5. The lowest BCUT2D eigenvalue weighted by Gasteiger charge is -2.28. The van der Waals surface area contributed by atoms with Gasteiger partial charge in [0.1, 0.15) is 18.1 Å². The van der Waals surface area contributed by atoms with Crippen molar-refractivity contribution >= 4 is 23.6 Å². The first-order valence-corrected chi connectivity index (χ1v) is 12.1. The lowest BCUT2D eigenvalue weighted by molar-refractivity contribution is -0.133. The van der Waals surface area contributed by atoms with Gasteiger partial charge in [0.2, 0.25) is 5.91 Å². The molecule has 0 saturated carbocycles. The van der Waals surface area contributed by atoms with Crippen LogP contribution < -0.4 is 5.32 Å². The van der Waals surface area contributed by atoms with E-state index >= 15 is 0 Å². The maximum Gasteiger partial charge on any atom is 0.338 e. The second-order valence-corrected chi connectivity index (χ2v) is 8.96. The molecule has 0 spiro atoms. The summed E-state index contributed by atoms with van der Waals surface area (Å²) in [6.07, 6.45) is 1.53. The molecule has 0 saturated heterocycles. The SMILES string of the molecule is CCOC(=O)c1ccc(NC(=O)N(CC(=O)N(Cc2ccc(F)cc2)Cc2ccco2)CC(C)C)cc1. The van der Waals surface area contributed by atoms with Gasteiger partial charge in [-0.1, -0.05) is 26.0 Å². The van der Waals surface area contributed by atoms with E-state index in [4.69, 9.17) is 9.15 Å². The van der Waals surface area contributed by atoms with Crippen LogP contribution in [0.4, 0.5) is 14.9 Å². The smallest absolute Gasteiger partial charge is 0.338 e. The van der Waals surface area contributed by atoms with Crippen molar-refractivity contribution < 1.29 is 27.9 Å². The van der Waals surface area contributed by atoms with E-state index in [1.54, 1.807) is 60.4 Å². The number of urea groups is 1. The standard InChI is InChI=1S/C28H32FN3O5/c1-4-36-27(34)22-9-13-24(14-10-22)30-28(35)32(16-20(2)3)19-26(33)31(18-25-6-5-15-37-25)17-21-7-11-23(29)12-8-21/h5-15,20H,4,16-19H2,1-3H3,(H,30,35). The van der Waals surface area contributed by atoms with Crippen LogP contribution in [0.2, 0.25) is 0 Å². The molecule has 0 atom stereocenters. The summed E-state index contributed by atoms with van der Waals surface area (Å²) in [5, 5.41) is 2.80. The van der Waals surface area contributed by atoms with E-state index in [2.05, 4.69) is 5.32 Å². The molecule has 37 heavy (non-hydrogen) atoms. The van der Waals surface area contributed by atoms with Crippen LogP contribution in [-0.4, -0.2) is 47.4 Å². The van der Waals surface area contributed by atoms with Crippen LogP contribution >= 0.6 is 0 Å². The molecule has 1 aromatic heterocycles. The lowest BCUT2D eigenvalue weighted by atomic mass is 10.2. The third-order valence-electron chi connectivity index (χ3n) is 5.41. The second-order valence-electron chi connectivity index (χ2n) is 8.96. The first-order valence-electron chi connectivity index (χ1n) is 12.1. The van der Waals surface area contributed by atoms with Crippen molar-refractivity contribution in [3.05, 3.63) is 89.6 Å². The van der Waals surface area contributed by atoms with Gasteiger partial charge in [0.25, 0.3) is 0 Å². The van der Waals surface area contributed by atoms with E-state index in [9.17, 15) is 18.8 Å². The van der Waals surface area contributed by atoms with Crippen molar-refractivity contribution in [3.63, 3.8) is 0 Å². The Morgan fingerprint density at radius 3 is 2.27 bits per heavy atom. The van der Waals surface area contributed by atoms with Gasteiger partial charge in [0.05, 0.1) is 25.0 Å². The maximum atomic E-state index is 13.4. The predicted molar refractivity (Wildman–Crippen MR) is 137 cm³/mol. The van der Waals surface area contributed by atoms with Gasteiger partial charge in [-0.05, 0) is 66.9 Å². The number of benzene rings is 2. The fraction of sp³-hybridized carbons (Fsp3) is 0.321. The number of nitrogens with zero attached hydrogens (tertiary/aromatic N) is 2. The molecule has 3 rings (SSSR count). The topological polar surface area (TPSA) is 92.1 Å². The Labute approximate surface area is 216 Å². The van der Waals surface area contributed by atoms with Crippen molar-refractivity contribution in [3.8, 4) is 0 Å². The van der Waals surface area contributed by atoms with Crippen LogP contribution in [0.15, 0.2) is 71.3 Å². The van der Waals surface area contributed by atoms with Gasteiger partial charge in [0, 0.05) is 18.8 Å². The third-order valence-corrected chi connectivity index (χ3v) is 5.41. The highest BCUT2D eigenvalue weighted by Crippen LogP contribution is 2.15. The molecule has 196 valence electrons. The number of anilines is 1. The van der Waals surface area contributed by atoms with Gasteiger partial charge < -0.3 is 24.3 Å². The average molecular weight is 510 g/mol. The molecule has 2 aromatic carbocycles. The molecule has 1 heterocycles. The normalized spacial score (nSPS) is 10.7. The molecule has 1 N–H and O–H groups in total. The van der Waals surface area contributed by atoms with E-state index in [1.807, 2.05) is 13.8 Å². The number of furan rings is 1. The van der Waals surface area contributed by atoms with Crippen molar-refractivity contribution in [1.29, 1.82) is 0 Å². The zero-order valence-corrected chi connectivity index (χ0v) is 21.3. The number of nitrogens with one attached hydrogen (secondary N) is 1. The summed E-state index contributed by atoms with van der Waals surface area (Å²) in [5.41, 5.74) is 1.62. The molecule has 8 nitrogen and oxygen atoms in total. The van der Waals surface area contributed by atoms with Crippen molar-refractivity contribution in [2.24, 2.45) is 5.92 Å². The Morgan fingerprint density at radius 1 is 0.973 bits per heavy atom. The van der Waals surface area contributed by atoms with Crippen molar-refractivity contribution in [2.45, 2.75) is 33.9 Å². The molecule has 0 bridgehead atoms. The Hall–Kier alpha value is -4.14. The van der Waals surface area contributed by atoms with Crippen molar-refractivity contribution in [2.75, 3.05) is 25.0 Å². The minimum absolute atomic E-state index is 0.111. The van der Waals surface area contributed by atoms with E-state index in [1.165, 1.54) is 23.3 Å². The number of hydrogen-bond donors (Lipinski definition) is 1. The van der Waals surface area contributed by atoms with E-state index in [0.29, 0.717) is 23.6 Å². The van der Waals surface area contributed by atoms with Gasteiger partial charge in [0.15, 0.2) is 0 Å². The molecular formula is C28H32FN3O5. The highest BCUT2D eigenvalue weighted by molar-refractivity contribution is 5.94. The molecule has 0 unspecified atom stereocenters. The Bertz CT molecular complexity index is 1160. The Morgan fingerprint density at radius 2 is 1.68 bits per heavy atom. The molecule has 0 radical (unpaired) electrons. The number of ether oxygens (including phenoxy) is 1. The second kappa shape index (κ2) is 13.2. The van der Waals surface area contributed by atoms with Crippen LogP contribution in [0.5, 0.6) is 0 Å². The Balaban J connectivity index is 1.72. The first-order chi connectivity index (χ1) is 17.7. The quantitative estimate of drug-likeness (QED) is 0.354. The average Bonchev–Trinajstić information content (AvgIpc) is 3.38. The fourth-order valence-electron chi connectivity index (χ4n) is 3.66. The van der Waals surface area contributed by atoms with E-state index < -0.39 is 12.0 Å². The first kappa shape index (κ1) is 27.4. The lowest BCUT2D eigenvalue weighted by Crippen LogP contribution is -2.45. The molecule has 0 aliphatic heterocycles. The number of carbonyl (C=O) groups is 3. The summed E-state index contributed by atoms with van der Waals surface area (Å²) in [6, 6.07) is 15.4.